The molecule has 2 aromatic rings. The standard InChI is InChI=1S/C15H14N2O2/c1-12-5-6-13(11-16)10-14(12)19-9-8-17-7-3-2-4-15(17)18/h2-7,10H,8-9H2,1H3. The maximum absolute atomic E-state index is 11.5. The Morgan fingerprint density at radius 1 is 1.32 bits per heavy atom. The van der Waals surface area contributed by atoms with Gasteiger partial charge in [0.15, 0.2) is 0 Å². The molecule has 96 valence electrons. The third kappa shape index (κ3) is 3.23. The van der Waals surface area contributed by atoms with Crippen LogP contribution in [-0.2, 0) is 6.54 Å². The number of nitriles is 1. The summed E-state index contributed by atoms with van der Waals surface area (Å²) in [5.74, 6) is 0.683. The van der Waals surface area contributed by atoms with Crippen LogP contribution in [0.2, 0.25) is 0 Å². The van der Waals surface area contributed by atoms with Crippen LogP contribution in [0.5, 0.6) is 5.75 Å². The molecule has 19 heavy (non-hydrogen) atoms. The van der Waals surface area contributed by atoms with E-state index < -0.39 is 0 Å². The molecular formula is C15H14N2O2. The van der Waals surface area contributed by atoms with Crippen molar-refractivity contribution in [3.8, 4) is 11.8 Å². The van der Waals surface area contributed by atoms with Crippen LogP contribution < -0.4 is 10.3 Å². The van der Waals surface area contributed by atoms with Gasteiger partial charge in [0.05, 0.1) is 18.2 Å². The highest BCUT2D eigenvalue weighted by atomic mass is 16.5. The fourth-order valence-corrected chi connectivity index (χ4v) is 1.72. The fraction of sp³-hybridized carbons (Fsp3) is 0.200. The first kappa shape index (κ1) is 12.9. The normalized spacial score (nSPS) is 9.89. The Kier molecular flexibility index (Phi) is 3.99. The summed E-state index contributed by atoms with van der Waals surface area (Å²) in [5.41, 5.74) is 1.49. The van der Waals surface area contributed by atoms with Gasteiger partial charge in [-0.05, 0) is 30.7 Å². The maximum atomic E-state index is 11.5. The molecule has 0 aliphatic heterocycles. The third-order valence-electron chi connectivity index (χ3n) is 2.81. The van der Waals surface area contributed by atoms with E-state index in [4.69, 9.17) is 10.00 Å². The van der Waals surface area contributed by atoms with Crippen LogP contribution in [0.1, 0.15) is 11.1 Å². The van der Waals surface area contributed by atoms with E-state index in [2.05, 4.69) is 6.07 Å². The van der Waals surface area contributed by atoms with Crippen LogP contribution in [0.4, 0.5) is 0 Å². The molecule has 0 atom stereocenters. The molecule has 0 amide bonds. The summed E-state index contributed by atoms with van der Waals surface area (Å²) in [7, 11) is 0. The van der Waals surface area contributed by atoms with Crippen molar-refractivity contribution in [1.82, 2.24) is 4.57 Å². The molecule has 1 aromatic carbocycles. The van der Waals surface area contributed by atoms with Crippen molar-refractivity contribution < 1.29 is 4.74 Å². The van der Waals surface area contributed by atoms with Gasteiger partial charge in [-0.25, -0.2) is 0 Å². The van der Waals surface area contributed by atoms with E-state index in [1.54, 1.807) is 29.0 Å². The number of aromatic nitrogens is 1. The van der Waals surface area contributed by atoms with Gasteiger partial charge in [-0.1, -0.05) is 12.1 Å². The zero-order valence-corrected chi connectivity index (χ0v) is 10.7. The molecule has 0 saturated carbocycles. The average molecular weight is 254 g/mol. The summed E-state index contributed by atoms with van der Waals surface area (Å²) < 4.78 is 7.21. The lowest BCUT2D eigenvalue weighted by molar-refractivity contribution is 0.294. The van der Waals surface area contributed by atoms with Crippen molar-refractivity contribution in [2.45, 2.75) is 13.5 Å². The van der Waals surface area contributed by atoms with Gasteiger partial charge < -0.3 is 9.30 Å². The van der Waals surface area contributed by atoms with Crippen molar-refractivity contribution in [3.63, 3.8) is 0 Å². The summed E-state index contributed by atoms with van der Waals surface area (Å²) in [6.07, 6.45) is 1.73. The average Bonchev–Trinajstić information content (AvgIpc) is 2.43. The minimum atomic E-state index is -0.0476. The highest BCUT2D eigenvalue weighted by Gasteiger charge is 2.02. The second-order valence-corrected chi connectivity index (χ2v) is 4.17. The lowest BCUT2D eigenvalue weighted by Gasteiger charge is -2.10. The van der Waals surface area contributed by atoms with Crippen LogP contribution in [0.3, 0.4) is 0 Å². The highest BCUT2D eigenvalue weighted by molar-refractivity contribution is 5.41. The first-order valence-corrected chi connectivity index (χ1v) is 6.00. The first-order valence-electron chi connectivity index (χ1n) is 6.00. The number of hydrogen-bond acceptors (Lipinski definition) is 3. The number of rotatable bonds is 4. The van der Waals surface area contributed by atoms with Crippen molar-refractivity contribution in [3.05, 3.63) is 64.1 Å². The van der Waals surface area contributed by atoms with Gasteiger partial charge in [-0.3, -0.25) is 4.79 Å². The molecule has 2 rings (SSSR count). The highest BCUT2D eigenvalue weighted by Crippen LogP contribution is 2.19. The molecule has 1 heterocycles. The Bertz CT molecular complexity index is 668. The SMILES string of the molecule is Cc1ccc(C#N)cc1OCCn1ccccc1=O. The molecule has 4 nitrogen and oxygen atoms in total. The van der Waals surface area contributed by atoms with E-state index in [0.29, 0.717) is 24.5 Å². The van der Waals surface area contributed by atoms with Crippen molar-refractivity contribution in [1.29, 1.82) is 5.26 Å². The van der Waals surface area contributed by atoms with E-state index in [9.17, 15) is 4.79 Å². The maximum Gasteiger partial charge on any atom is 0.250 e. The number of pyridine rings is 1. The largest absolute Gasteiger partial charge is 0.491 e. The van der Waals surface area contributed by atoms with Gasteiger partial charge in [-0.2, -0.15) is 5.26 Å². The smallest absolute Gasteiger partial charge is 0.250 e. The molecule has 4 heteroatoms. The van der Waals surface area contributed by atoms with Crippen molar-refractivity contribution in [2.75, 3.05) is 6.61 Å². The lowest BCUT2D eigenvalue weighted by atomic mass is 10.1. The topological polar surface area (TPSA) is 55.0 Å². The van der Waals surface area contributed by atoms with E-state index in [1.165, 1.54) is 6.07 Å². The van der Waals surface area contributed by atoms with Gasteiger partial charge in [0.2, 0.25) is 0 Å². The molecule has 0 aliphatic carbocycles. The van der Waals surface area contributed by atoms with E-state index >= 15 is 0 Å². The van der Waals surface area contributed by atoms with Gasteiger partial charge in [-0.15, -0.1) is 0 Å². The summed E-state index contributed by atoms with van der Waals surface area (Å²) in [5, 5.41) is 8.84. The molecular weight excluding hydrogens is 240 g/mol. The van der Waals surface area contributed by atoms with Gasteiger partial charge in [0.1, 0.15) is 12.4 Å². The van der Waals surface area contributed by atoms with Gasteiger partial charge in [0, 0.05) is 12.3 Å². The quantitative estimate of drug-likeness (QED) is 0.839. The van der Waals surface area contributed by atoms with Crippen LogP contribution in [0, 0.1) is 18.3 Å². The molecule has 0 N–H and O–H groups in total. The molecule has 0 aliphatic rings. The summed E-state index contributed by atoms with van der Waals surface area (Å²) in [4.78, 5) is 11.5. The van der Waals surface area contributed by atoms with E-state index in [-0.39, 0.29) is 5.56 Å². The van der Waals surface area contributed by atoms with Gasteiger partial charge in [0.25, 0.3) is 5.56 Å². The Morgan fingerprint density at radius 3 is 2.89 bits per heavy atom. The van der Waals surface area contributed by atoms with Crippen LogP contribution in [-0.4, -0.2) is 11.2 Å². The molecule has 0 saturated heterocycles. The van der Waals surface area contributed by atoms with E-state index in [0.717, 1.165) is 5.56 Å². The summed E-state index contributed by atoms with van der Waals surface area (Å²) >= 11 is 0. The predicted molar refractivity (Wildman–Crippen MR) is 72.1 cm³/mol. The molecule has 1 aromatic heterocycles. The monoisotopic (exact) mass is 254 g/mol. The minimum absolute atomic E-state index is 0.0476. The second kappa shape index (κ2) is 5.87. The third-order valence-corrected chi connectivity index (χ3v) is 2.81. The molecule has 0 bridgehead atoms. The van der Waals surface area contributed by atoms with Gasteiger partial charge >= 0.3 is 0 Å². The summed E-state index contributed by atoms with van der Waals surface area (Å²) in [6, 6.07) is 12.4. The van der Waals surface area contributed by atoms with E-state index in [1.807, 2.05) is 19.1 Å². The molecule has 0 radical (unpaired) electrons. The number of hydrogen-bond donors (Lipinski definition) is 0. The Labute approximate surface area is 111 Å². The Balaban J connectivity index is 2.02. The number of benzene rings is 1. The van der Waals surface area contributed by atoms with Crippen LogP contribution in [0.25, 0.3) is 0 Å². The zero-order chi connectivity index (χ0) is 13.7. The lowest BCUT2D eigenvalue weighted by Crippen LogP contribution is -2.21. The molecule has 0 fully saturated rings. The fourth-order valence-electron chi connectivity index (χ4n) is 1.72. The molecule has 0 spiro atoms. The number of aryl methyl sites for hydroxylation is 1. The number of ether oxygens (including phenoxy) is 1. The number of nitrogens with zero attached hydrogens (tertiary/aromatic N) is 2. The van der Waals surface area contributed by atoms with Crippen LogP contribution in [0.15, 0.2) is 47.4 Å². The first-order chi connectivity index (χ1) is 9.20. The van der Waals surface area contributed by atoms with Crippen molar-refractivity contribution >= 4 is 0 Å². The minimum Gasteiger partial charge on any atom is -0.491 e. The Morgan fingerprint density at radius 2 is 2.16 bits per heavy atom. The predicted octanol–water partition coefficient (Wildman–Crippen LogP) is 2.11. The van der Waals surface area contributed by atoms with Crippen LogP contribution >= 0.6 is 0 Å². The zero-order valence-electron chi connectivity index (χ0n) is 10.7. The second-order valence-electron chi connectivity index (χ2n) is 4.17. The summed E-state index contributed by atoms with van der Waals surface area (Å²) in [6.45, 7) is 2.79. The Hall–Kier alpha value is -2.54. The van der Waals surface area contributed by atoms with Crippen molar-refractivity contribution in [2.24, 2.45) is 0 Å². The molecule has 0 unspecified atom stereocenters.